The van der Waals surface area contributed by atoms with Gasteiger partial charge in [-0.1, -0.05) is 0 Å². The standard InChI is InChI=1S/C16H19BrN2O4S/c1-9-13(15(20)23-6-5-22-2)14(12-7-10(17)8-24-12)18-16(21)19(9)11-3-4-11/h7-8,11,14H,3-6H2,1-2H3,(H,18,21)/t14-/m0/s1. The normalized spacial score (nSPS) is 21.0. The number of thiophene rings is 1. The third kappa shape index (κ3) is 3.50. The Labute approximate surface area is 152 Å². The molecule has 130 valence electrons. The maximum Gasteiger partial charge on any atom is 0.338 e. The van der Waals surface area contributed by atoms with E-state index in [9.17, 15) is 9.59 Å². The van der Waals surface area contributed by atoms with E-state index in [1.54, 1.807) is 12.0 Å². The number of methoxy groups -OCH3 is 1. The number of urea groups is 1. The second kappa shape index (κ2) is 7.25. The van der Waals surface area contributed by atoms with E-state index in [2.05, 4.69) is 21.2 Å². The number of nitrogens with one attached hydrogen (secondary N) is 1. The maximum atomic E-state index is 12.6. The summed E-state index contributed by atoms with van der Waals surface area (Å²) >= 11 is 4.91. The van der Waals surface area contributed by atoms with Gasteiger partial charge in [0.15, 0.2) is 0 Å². The molecule has 0 unspecified atom stereocenters. The molecule has 1 aromatic heterocycles. The van der Waals surface area contributed by atoms with Gasteiger partial charge in [-0.05, 0) is 41.8 Å². The Morgan fingerprint density at radius 2 is 2.21 bits per heavy atom. The lowest BCUT2D eigenvalue weighted by Crippen LogP contribution is -2.48. The molecule has 24 heavy (non-hydrogen) atoms. The predicted molar refractivity (Wildman–Crippen MR) is 93.7 cm³/mol. The van der Waals surface area contributed by atoms with Crippen molar-refractivity contribution in [1.29, 1.82) is 0 Å². The average Bonchev–Trinajstić information content (AvgIpc) is 3.27. The minimum Gasteiger partial charge on any atom is -0.460 e. The van der Waals surface area contributed by atoms with Crippen LogP contribution in [0.2, 0.25) is 0 Å². The van der Waals surface area contributed by atoms with Crippen LogP contribution in [0.4, 0.5) is 4.79 Å². The van der Waals surface area contributed by atoms with Crippen LogP contribution in [0.3, 0.4) is 0 Å². The molecule has 0 aromatic carbocycles. The van der Waals surface area contributed by atoms with Gasteiger partial charge in [0.2, 0.25) is 0 Å². The first kappa shape index (κ1) is 17.4. The number of nitrogens with zero attached hydrogens (tertiary/aromatic N) is 1. The molecule has 1 saturated carbocycles. The summed E-state index contributed by atoms with van der Waals surface area (Å²) in [6.45, 7) is 2.34. The number of amides is 2. The maximum absolute atomic E-state index is 12.6. The summed E-state index contributed by atoms with van der Waals surface area (Å²) in [5.74, 6) is -0.412. The zero-order chi connectivity index (χ0) is 17.3. The molecule has 3 rings (SSSR count). The summed E-state index contributed by atoms with van der Waals surface area (Å²) in [6.07, 6.45) is 1.93. The van der Waals surface area contributed by atoms with E-state index in [4.69, 9.17) is 9.47 Å². The lowest BCUT2D eigenvalue weighted by Gasteiger charge is -2.35. The van der Waals surface area contributed by atoms with Crippen molar-refractivity contribution >= 4 is 39.3 Å². The highest BCUT2D eigenvalue weighted by atomic mass is 79.9. The highest BCUT2D eigenvalue weighted by Gasteiger charge is 2.42. The Balaban J connectivity index is 1.94. The van der Waals surface area contributed by atoms with E-state index in [0.29, 0.717) is 17.9 Å². The Kier molecular flexibility index (Phi) is 5.27. The average molecular weight is 415 g/mol. The number of carbonyl (C=O) groups excluding carboxylic acids is 2. The second-order valence-corrected chi connectivity index (χ2v) is 7.64. The summed E-state index contributed by atoms with van der Waals surface area (Å²) in [5, 5.41) is 4.88. The molecular formula is C16H19BrN2O4S. The topological polar surface area (TPSA) is 67.9 Å². The van der Waals surface area contributed by atoms with Crippen LogP contribution in [-0.4, -0.2) is 43.3 Å². The number of hydrogen-bond donors (Lipinski definition) is 1. The molecule has 0 spiro atoms. The number of esters is 1. The number of rotatable bonds is 6. The van der Waals surface area contributed by atoms with Crippen LogP contribution in [0.25, 0.3) is 0 Å². The molecule has 0 radical (unpaired) electrons. The Morgan fingerprint density at radius 1 is 1.46 bits per heavy atom. The largest absolute Gasteiger partial charge is 0.460 e. The molecule has 2 heterocycles. The van der Waals surface area contributed by atoms with Gasteiger partial charge in [0.1, 0.15) is 6.61 Å². The van der Waals surface area contributed by atoms with Crippen molar-refractivity contribution < 1.29 is 19.1 Å². The zero-order valence-corrected chi connectivity index (χ0v) is 15.9. The van der Waals surface area contributed by atoms with Gasteiger partial charge in [-0.2, -0.15) is 0 Å². The predicted octanol–water partition coefficient (Wildman–Crippen LogP) is 3.20. The Hall–Kier alpha value is -1.38. The van der Waals surface area contributed by atoms with Gasteiger partial charge in [0, 0.05) is 33.6 Å². The van der Waals surface area contributed by atoms with Crippen LogP contribution < -0.4 is 5.32 Å². The highest BCUT2D eigenvalue weighted by Crippen LogP contribution is 2.39. The zero-order valence-electron chi connectivity index (χ0n) is 13.5. The van der Waals surface area contributed by atoms with Crippen LogP contribution >= 0.6 is 27.3 Å². The number of halogens is 1. The molecular weight excluding hydrogens is 396 g/mol. The van der Waals surface area contributed by atoms with Crippen LogP contribution in [-0.2, 0) is 14.3 Å². The lowest BCUT2D eigenvalue weighted by atomic mass is 10.0. The molecule has 0 saturated heterocycles. The number of carbonyl (C=O) groups is 2. The summed E-state index contributed by atoms with van der Waals surface area (Å²) in [6, 6.07) is 1.46. The molecule has 6 nitrogen and oxygen atoms in total. The summed E-state index contributed by atoms with van der Waals surface area (Å²) in [7, 11) is 1.56. The molecule has 0 bridgehead atoms. The van der Waals surface area contributed by atoms with Crippen molar-refractivity contribution in [1.82, 2.24) is 10.2 Å². The van der Waals surface area contributed by atoms with Crippen LogP contribution in [0.5, 0.6) is 0 Å². The number of hydrogen-bond acceptors (Lipinski definition) is 5. The SMILES string of the molecule is COCCOC(=O)C1=C(C)N(C2CC2)C(=O)N[C@H]1c1cc(Br)cs1. The van der Waals surface area contributed by atoms with Gasteiger partial charge in [-0.3, -0.25) is 4.90 Å². The van der Waals surface area contributed by atoms with Gasteiger partial charge >= 0.3 is 12.0 Å². The van der Waals surface area contributed by atoms with Crippen molar-refractivity contribution in [3.05, 3.63) is 32.1 Å². The molecule has 2 aliphatic rings. The highest BCUT2D eigenvalue weighted by molar-refractivity contribution is 9.10. The fourth-order valence-electron chi connectivity index (χ4n) is 2.78. The van der Waals surface area contributed by atoms with Crippen molar-refractivity contribution in [2.75, 3.05) is 20.3 Å². The molecule has 1 aliphatic heterocycles. The first-order valence-electron chi connectivity index (χ1n) is 7.73. The van der Waals surface area contributed by atoms with Crippen LogP contribution in [0.1, 0.15) is 30.7 Å². The summed E-state index contributed by atoms with van der Waals surface area (Å²) in [4.78, 5) is 27.7. The Bertz CT molecular complexity index is 683. The quantitative estimate of drug-likeness (QED) is 0.573. The first-order chi connectivity index (χ1) is 11.5. The van der Waals surface area contributed by atoms with Gasteiger partial charge in [-0.25, -0.2) is 9.59 Å². The van der Waals surface area contributed by atoms with Crippen LogP contribution in [0, 0.1) is 0 Å². The van der Waals surface area contributed by atoms with E-state index in [-0.39, 0.29) is 18.7 Å². The summed E-state index contributed by atoms with van der Waals surface area (Å²) < 4.78 is 11.2. The minimum atomic E-state index is -0.487. The first-order valence-corrected chi connectivity index (χ1v) is 9.40. The van der Waals surface area contributed by atoms with Gasteiger partial charge in [0.25, 0.3) is 0 Å². The van der Waals surface area contributed by atoms with E-state index in [1.807, 2.05) is 18.4 Å². The molecule has 8 heteroatoms. The van der Waals surface area contributed by atoms with Gasteiger partial charge in [-0.15, -0.1) is 11.3 Å². The second-order valence-electron chi connectivity index (χ2n) is 5.78. The monoisotopic (exact) mass is 414 g/mol. The fraction of sp³-hybridized carbons (Fsp3) is 0.500. The Morgan fingerprint density at radius 3 is 2.79 bits per heavy atom. The lowest BCUT2D eigenvalue weighted by molar-refractivity contribution is -0.140. The molecule has 2 amide bonds. The third-order valence-corrected chi connectivity index (χ3v) is 5.81. The summed E-state index contributed by atoms with van der Waals surface area (Å²) in [5.41, 5.74) is 1.17. The number of ether oxygens (including phenoxy) is 2. The van der Waals surface area contributed by atoms with E-state index in [1.165, 1.54) is 11.3 Å². The fourth-order valence-corrected chi connectivity index (χ4v) is 4.29. The van der Waals surface area contributed by atoms with Gasteiger partial charge < -0.3 is 14.8 Å². The van der Waals surface area contributed by atoms with Crippen molar-refractivity contribution in [2.24, 2.45) is 0 Å². The minimum absolute atomic E-state index is 0.155. The van der Waals surface area contributed by atoms with E-state index >= 15 is 0 Å². The van der Waals surface area contributed by atoms with Crippen molar-refractivity contribution in [2.45, 2.75) is 31.8 Å². The van der Waals surface area contributed by atoms with E-state index < -0.39 is 12.0 Å². The number of allylic oxidation sites excluding steroid dienone is 1. The molecule has 1 N–H and O–H groups in total. The molecule has 1 atom stereocenters. The van der Waals surface area contributed by atoms with Crippen molar-refractivity contribution in [3.8, 4) is 0 Å². The van der Waals surface area contributed by atoms with E-state index in [0.717, 1.165) is 22.2 Å². The molecule has 1 aliphatic carbocycles. The third-order valence-electron chi connectivity index (χ3n) is 4.05. The van der Waals surface area contributed by atoms with Crippen molar-refractivity contribution in [3.63, 3.8) is 0 Å². The van der Waals surface area contributed by atoms with Crippen LogP contribution in [0.15, 0.2) is 27.2 Å². The smallest absolute Gasteiger partial charge is 0.338 e. The van der Waals surface area contributed by atoms with Gasteiger partial charge in [0.05, 0.1) is 18.2 Å². The molecule has 1 fully saturated rings. The molecule has 1 aromatic rings.